The van der Waals surface area contributed by atoms with Gasteiger partial charge in [-0.05, 0) is 31.0 Å². The van der Waals surface area contributed by atoms with Crippen LogP contribution in [-0.2, 0) is 6.42 Å². The van der Waals surface area contributed by atoms with Gasteiger partial charge in [-0.2, -0.15) is 0 Å². The quantitative estimate of drug-likeness (QED) is 0.781. The average Bonchev–Trinajstić information content (AvgIpc) is 2.28. The Morgan fingerprint density at radius 2 is 2.12 bits per heavy atom. The Kier molecular flexibility index (Phi) is 2.60. The average molecular weight is 215 g/mol. The summed E-state index contributed by atoms with van der Waals surface area (Å²) in [7, 11) is 0. The largest absolute Gasteiger partial charge is 0.360 e. The highest BCUT2D eigenvalue weighted by Crippen LogP contribution is 2.11. The third-order valence-corrected chi connectivity index (χ3v) is 2.73. The SMILES string of the molecule is CCc1ccc2[nH]cc(C(C)=O)c(=O)c2c1. The molecule has 0 amide bonds. The van der Waals surface area contributed by atoms with Gasteiger partial charge >= 0.3 is 0 Å². The van der Waals surface area contributed by atoms with Crippen molar-refractivity contribution in [2.24, 2.45) is 0 Å². The lowest BCUT2D eigenvalue weighted by Gasteiger charge is -2.02. The van der Waals surface area contributed by atoms with Crippen LogP contribution in [0.3, 0.4) is 0 Å². The predicted octanol–water partition coefficient (Wildman–Crippen LogP) is 2.29. The van der Waals surface area contributed by atoms with E-state index in [1.165, 1.54) is 13.1 Å². The molecule has 2 rings (SSSR count). The van der Waals surface area contributed by atoms with Crippen molar-refractivity contribution in [3.8, 4) is 0 Å². The van der Waals surface area contributed by atoms with Crippen LogP contribution in [0.1, 0.15) is 29.8 Å². The third-order valence-electron chi connectivity index (χ3n) is 2.73. The number of aromatic amines is 1. The molecule has 0 radical (unpaired) electrons. The first-order valence-corrected chi connectivity index (χ1v) is 5.28. The fourth-order valence-corrected chi connectivity index (χ4v) is 1.75. The van der Waals surface area contributed by atoms with Gasteiger partial charge in [-0.15, -0.1) is 0 Å². The summed E-state index contributed by atoms with van der Waals surface area (Å²) in [4.78, 5) is 26.2. The third kappa shape index (κ3) is 1.65. The van der Waals surface area contributed by atoms with E-state index < -0.39 is 0 Å². The molecule has 0 aliphatic heterocycles. The summed E-state index contributed by atoms with van der Waals surface area (Å²) >= 11 is 0. The van der Waals surface area contributed by atoms with Crippen molar-refractivity contribution in [2.75, 3.05) is 0 Å². The number of ketones is 1. The lowest BCUT2D eigenvalue weighted by Crippen LogP contribution is -2.13. The Balaban J connectivity index is 2.81. The van der Waals surface area contributed by atoms with Gasteiger partial charge in [0.2, 0.25) is 0 Å². The maximum Gasteiger partial charge on any atom is 0.200 e. The van der Waals surface area contributed by atoms with Crippen LogP contribution in [0.15, 0.2) is 29.2 Å². The van der Waals surface area contributed by atoms with Crippen LogP contribution in [0.25, 0.3) is 10.9 Å². The summed E-state index contributed by atoms with van der Waals surface area (Å²) in [5.41, 5.74) is 1.91. The molecule has 0 saturated heterocycles. The van der Waals surface area contributed by atoms with Crippen molar-refractivity contribution in [3.05, 3.63) is 45.7 Å². The van der Waals surface area contributed by atoms with Crippen LogP contribution >= 0.6 is 0 Å². The molecule has 3 nitrogen and oxygen atoms in total. The van der Waals surface area contributed by atoms with Gasteiger partial charge in [-0.25, -0.2) is 0 Å². The van der Waals surface area contributed by atoms with E-state index in [0.29, 0.717) is 5.39 Å². The van der Waals surface area contributed by atoms with Crippen molar-refractivity contribution in [1.29, 1.82) is 0 Å². The smallest absolute Gasteiger partial charge is 0.200 e. The predicted molar refractivity (Wildman–Crippen MR) is 64.0 cm³/mol. The van der Waals surface area contributed by atoms with Crippen molar-refractivity contribution in [2.45, 2.75) is 20.3 Å². The second-order valence-corrected chi connectivity index (χ2v) is 3.82. The minimum Gasteiger partial charge on any atom is -0.360 e. The number of hydrogen-bond donors (Lipinski definition) is 1. The van der Waals surface area contributed by atoms with E-state index in [0.717, 1.165) is 17.5 Å². The van der Waals surface area contributed by atoms with Gasteiger partial charge in [0.05, 0.1) is 5.56 Å². The van der Waals surface area contributed by atoms with Crippen LogP contribution in [0.5, 0.6) is 0 Å². The molecule has 0 aliphatic carbocycles. The number of Topliss-reactive ketones (excluding diaryl/α,β-unsaturated/α-hetero) is 1. The van der Waals surface area contributed by atoms with Gasteiger partial charge in [0, 0.05) is 17.1 Å². The fourth-order valence-electron chi connectivity index (χ4n) is 1.75. The van der Waals surface area contributed by atoms with Crippen molar-refractivity contribution in [1.82, 2.24) is 4.98 Å². The maximum atomic E-state index is 12.0. The minimum atomic E-state index is -0.204. The van der Waals surface area contributed by atoms with Crippen LogP contribution in [-0.4, -0.2) is 10.8 Å². The summed E-state index contributed by atoms with van der Waals surface area (Å²) in [5.74, 6) is -0.204. The van der Waals surface area contributed by atoms with Gasteiger partial charge in [-0.1, -0.05) is 13.0 Å². The number of H-pyrrole nitrogens is 1. The molecule has 0 aliphatic rings. The van der Waals surface area contributed by atoms with Gasteiger partial charge in [0.25, 0.3) is 0 Å². The molecule has 1 aromatic heterocycles. The lowest BCUT2D eigenvalue weighted by atomic mass is 10.1. The van der Waals surface area contributed by atoms with Gasteiger partial charge in [0.1, 0.15) is 0 Å². The molecular formula is C13H13NO2. The molecular weight excluding hydrogens is 202 g/mol. The molecule has 0 bridgehead atoms. The Bertz CT molecular complexity index is 611. The van der Waals surface area contributed by atoms with E-state index in [4.69, 9.17) is 0 Å². The molecule has 0 atom stereocenters. The van der Waals surface area contributed by atoms with E-state index >= 15 is 0 Å². The number of aryl methyl sites for hydroxylation is 1. The molecule has 2 aromatic rings. The Morgan fingerprint density at radius 1 is 1.38 bits per heavy atom. The number of carbonyl (C=O) groups is 1. The Hall–Kier alpha value is -1.90. The Labute approximate surface area is 93.1 Å². The first kappa shape index (κ1) is 10.6. The van der Waals surface area contributed by atoms with Crippen LogP contribution in [0, 0.1) is 0 Å². The second kappa shape index (κ2) is 3.93. The molecule has 0 fully saturated rings. The number of fused-ring (bicyclic) bond motifs is 1. The van der Waals surface area contributed by atoms with Crippen molar-refractivity contribution >= 4 is 16.7 Å². The zero-order chi connectivity index (χ0) is 11.7. The molecule has 16 heavy (non-hydrogen) atoms. The molecule has 1 aromatic carbocycles. The van der Waals surface area contributed by atoms with E-state index in [1.807, 2.05) is 25.1 Å². The summed E-state index contributed by atoms with van der Waals surface area (Å²) in [6.07, 6.45) is 2.36. The number of pyridine rings is 1. The van der Waals surface area contributed by atoms with Crippen molar-refractivity contribution in [3.63, 3.8) is 0 Å². The lowest BCUT2D eigenvalue weighted by molar-refractivity contribution is 0.101. The van der Waals surface area contributed by atoms with Gasteiger partial charge in [-0.3, -0.25) is 9.59 Å². The number of carbonyl (C=O) groups excluding carboxylic acids is 1. The number of rotatable bonds is 2. The first-order valence-electron chi connectivity index (χ1n) is 5.28. The summed E-state index contributed by atoms with van der Waals surface area (Å²) in [5, 5.41) is 0.590. The summed E-state index contributed by atoms with van der Waals surface area (Å²) in [6.45, 7) is 3.43. The van der Waals surface area contributed by atoms with Crippen LogP contribution in [0.2, 0.25) is 0 Å². The van der Waals surface area contributed by atoms with E-state index in [1.54, 1.807) is 0 Å². The normalized spacial score (nSPS) is 10.6. The number of aromatic nitrogens is 1. The zero-order valence-corrected chi connectivity index (χ0v) is 9.33. The molecule has 0 spiro atoms. The first-order chi connectivity index (χ1) is 7.63. The maximum absolute atomic E-state index is 12.0. The molecule has 82 valence electrons. The number of benzene rings is 1. The highest BCUT2D eigenvalue weighted by molar-refractivity contribution is 5.97. The molecule has 0 unspecified atom stereocenters. The standard InChI is InChI=1S/C13H13NO2/c1-3-9-4-5-12-10(6-9)13(16)11(7-14-12)8(2)15/h4-7H,3H2,1-2H3,(H,14,16). The zero-order valence-electron chi connectivity index (χ0n) is 9.33. The van der Waals surface area contributed by atoms with E-state index in [-0.39, 0.29) is 16.8 Å². The number of hydrogen-bond acceptors (Lipinski definition) is 2. The monoisotopic (exact) mass is 215 g/mol. The highest BCUT2D eigenvalue weighted by Gasteiger charge is 2.08. The molecule has 3 heteroatoms. The van der Waals surface area contributed by atoms with Crippen LogP contribution < -0.4 is 5.43 Å². The molecule has 0 saturated carbocycles. The van der Waals surface area contributed by atoms with Crippen LogP contribution in [0.4, 0.5) is 0 Å². The topological polar surface area (TPSA) is 49.9 Å². The van der Waals surface area contributed by atoms with E-state index in [2.05, 4.69) is 4.98 Å². The molecule has 1 N–H and O–H groups in total. The van der Waals surface area contributed by atoms with Gasteiger partial charge in [0.15, 0.2) is 11.2 Å². The summed E-state index contributed by atoms with van der Waals surface area (Å²) in [6, 6.07) is 5.70. The van der Waals surface area contributed by atoms with Crippen molar-refractivity contribution < 1.29 is 4.79 Å². The fraction of sp³-hybridized carbons (Fsp3) is 0.231. The molecule has 1 heterocycles. The minimum absolute atomic E-state index is 0.184. The number of nitrogens with one attached hydrogen (secondary N) is 1. The summed E-state index contributed by atoms with van der Waals surface area (Å²) < 4.78 is 0. The van der Waals surface area contributed by atoms with Gasteiger partial charge < -0.3 is 4.98 Å². The second-order valence-electron chi connectivity index (χ2n) is 3.82. The highest BCUT2D eigenvalue weighted by atomic mass is 16.1. The Morgan fingerprint density at radius 3 is 2.75 bits per heavy atom. The van der Waals surface area contributed by atoms with E-state index in [9.17, 15) is 9.59 Å².